The van der Waals surface area contributed by atoms with E-state index in [9.17, 15) is 4.79 Å². The van der Waals surface area contributed by atoms with Crippen LogP contribution in [-0.2, 0) is 0 Å². The normalized spacial score (nSPS) is 16.7. The zero-order valence-electron chi connectivity index (χ0n) is 11.6. The van der Waals surface area contributed by atoms with Gasteiger partial charge in [0.1, 0.15) is 6.04 Å². The summed E-state index contributed by atoms with van der Waals surface area (Å²) in [6.45, 7) is 3.59. The van der Waals surface area contributed by atoms with Crippen LogP contribution in [0.1, 0.15) is 65.9 Å². The first-order valence-electron chi connectivity index (χ1n) is 6.93. The molecule has 0 aliphatic heterocycles. The molecule has 20 heavy (non-hydrogen) atoms. The number of hydrogen-bond donors (Lipinski definition) is 2. The van der Waals surface area contributed by atoms with Gasteiger partial charge in [-0.1, -0.05) is 11.6 Å². The standard InChI is InChI=1S/C14H18N4O2/c1-8(14-17-9(2)18-20-14)16-13(19)11-6-7-15-12(11)10-4-3-5-10/h6-8,10,15H,3-5H2,1-2H3,(H,16,19). The molecule has 0 radical (unpaired) electrons. The SMILES string of the molecule is Cc1noc(C(C)NC(=O)c2cc[nH]c2C2CCC2)n1. The van der Waals surface area contributed by atoms with Crippen LogP contribution in [0.2, 0.25) is 0 Å². The fourth-order valence-corrected chi connectivity index (χ4v) is 2.44. The van der Waals surface area contributed by atoms with Gasteiger partial charge in [0.15, 0.2) is 5.82 Å². The molecule has 6 nitrogen and oxygen atoms in total. The van der Waals surface area contributed by atoms with Gasteiger partial charge in [-0.25, -0.2) is 0 Å². The van der Waals surface area contributed by atoms with Crippen molar-refractivity contribution in [2.75, 3.05) is 0 Å². The maximum absolute atomic E-state index is 12.3. The van der Waals surface area contributed by atoms with Crippen molar-refractivity contribution in [3.63, 3.8) is 0 Å². The average Bonchev–Trinajstić information content (AvgIpc) is 2.96. The summed E-state index contributed by atoms with van der Waals surface area (Å²) in [5.41, 5.74) is 1.76. The van der Waals surface area contributed by atoms with E-state index in [1.54, 1.807) is 6.92 Å². The van der Waals surface area contributed by atoms with Gasteiger partial charge in [-0.3, -0.25) is 4.79 Å². The summed E-state index contributed by atoms with van der Waals surface area (Å²) in [5, 5.41) is 6.63. The molecule has 0 spiro atoms. The van der Waals surface area contributed by atoms with Crippen molar-refractivity contribution in [2.45, 2.75) is 45.1 Å². The summed E-state index contributed by atoms with van der Waals surface area (Å²) in [4.78, 5) is 19.7. The maximum atomic E-state index is 12.3. The van der Waals surface area contributed by atoms with Crippen molar-refractivity contribution in [3.05, 3.63) is 35.2 Å². The molecule has 1 fully saturated rings. The molecule has 1 unspecified atom stereocenters. The van der Waals surface area contributed by atoms with Crippen molar-refractivity contribution < 1.29 is 9.32 Å². The highest BCUT2D eigenvalue weighted by Gasteiger charge is 2.26. The van der Waals surface area contributed by atoms with E-state index in [0.29, 0.717) is 17.6 Å². The molecule has 1 saturated carbocycles. The lowest BCUT2D eigenvalue weighted by Crippen LogP contribution is -2.28. The van der Waals surface area contributed by atoms with Crippen LogP contribution in [0.3, 0.4) is 0 Å². The molecule has 2 heterocycles. The Hall–Kier alpha value is -2.11. The Morgan fingerprint density at radius 1 is 1.55 bits per heavy atom. The van der Waals surface area contributed by atoms with Crippen LogP contribution >= 0.6 is 0 Å². The van der Waals surface area contributed by atoms with Crippen molar-refractivity contribution in [2.24, 2.45) is 0 Å². The Bertz CT molecular complexity index is 612. The van der Waals surface area contributed by atoms with Crippen LogP contribution in [0.25, 0.3) is 0 Å². The minimum atomic E-state index is -0.298. The smallest absolute Gasteiger partial charge is 0.253 e. The van der Waals surface area contributed by atoms with Gasteiger partial charge in [0, 0.05) is 11.9 Å². The highest BCUT2D eigenvalue weighted by molar-refractivity contribution is 5.95. The quantitative estimate of drug-likeness (QED) is 0.897. The summed E-state index contributed by atoms with van der Waals surface area (Å²) in [5.74, 6) is 1.39. The molecule has 3 rings (SSSR count). The van der Waals surface area contributed by atoms with Gasteiger partial charge >= 0.3 is 0 Å². The minimum absolute atomic E-state index is 0.100. The average molecular weight is 274 g/mol. The third-order valence-corrected chi connectivity index (χ3v) is 3.80. The van der Waals surface area contributed by atoms with E-state index in [0.717, 1.165) is 24.1 Å². The molecular formula is C14H18N4O2. The molecule has 2 aromatic rings. The predicted molar refractivity (Wildman–Crippen MR) is 72.3 cm³/mol. The summed E-state index contributed by atoms with van der Waals surface area (Å²) < 4.78 is 5.07. The molecule has 0 aromatic carbocycles. The minimum Gasteiger partial charge on any atom is -0.364 e. The van der Waals surface area contributed by atoms with E-state index in [2.05, 4.69) is 20.4 Å². The molecule has 1 amide bonds. The summed E-state index contributed by atoms with van der Waals surface area (Å²) >= 11 is 0. The third kappa shape index (κ3) is 2.33. The lowest BCUT2D eigenvalue weighted by molar-refractivity contribution is 0.0930. The monoisotopic (exact) mass is 274 g/mol. The number of carbonyl (C=O) groups excluding carboxylic acids is 1. The molecule has 106 valence electrons. The van der Waals surface area contributed by atoms with Crippen LogP contribution in [0.15, 0.2) is 16.8 Å². The van der Waals surface area contributed by atoms with Gasteiger partial charge in [-0.05, 0) is 38.7 Å². The molecule has 1 atom stereocenters. The third-order valence-electron chi connectivity index (χ3n) is 3.80. The van der Waals surface area contributed by atoms with E-state index in [4.69, 9.17) is 4.52 Å². The molecule has 0 saturated heterocycles. The number of rotatable bonds is 4. The first-order chi connectivity index (χ1) is 9.65. The number of aromatic nitrogens is 3. The lowest BCUT2D eigenvalue weighted by Gasteiger charge is -2.25. The molecular weight excluding hydrogens is 256 g/mol. The number of hydrogen-bond acceptors (Lipinski definition) is 4. The van der Waals surface area contributed by atoms with E-state index in [-0.39, 0.29) is 11.9 Å². The van der Waals surface area contributed by atoms with Crippen LogP contribution in [-0.4, -0.2) is 21.0 Å². The van der Waals surface area contributed by atoms with Crippen LogP contribution in [0.5, 0.6) is 0 Å². The predicted octanol–water partition coefficient (Wildman–Crippen LogP) is 2.46. The summed E-state index contributed by atoms with van der Waals surface area (Å²) in [7, 11) is 0. The Morgan fingerprint density at radius 2 is 2.35 bits per heavy atom. The molecule has 0 bridgehead atoms. The van der Waals surface area contributed by atoms with Gasteiger partial charge in [0.2, 0.25) is 5.89 Å². The fourth-order valence-electron chi connectivity index (χ4n) is 2.44. The Labute approximate surface area is 117 Å². The second-order valence-electron chi connectivity index (χ2n) is 5.31. The number of nitrogens with one attached hydrogen (secondary N) is 2. The first-order valence-corrected chi connectivity index (χ1v) is 6.93. The van der Waals surface area contributed by atoms with E-state index in [1.807, 2.05) is 19.2 Å². The van der Waals surface area contributed by atoms with Gasteiger partial charge in [0.25, 0.3) is 5.91 Å². The second-order valence-corrected chi connectivity index (χ2v) is 5.31. The number of H-pyrrole nitrogens is 1. The number of carbonyl (C=O) groups is 1. The highest BCUT2D eigenvalue weighted by Crippen LogP contribution is 2.37. The van der Waals surface area contributed by atoms with Crippen molar-refractivity contribution in [3.8, 4) is 0 Å². The van der Waals surface area contributed by atoms with Gasteiger partial charge in [-0.15, -0.1) is 0 Å². The van der Waals surface area contributed by atoms with E-state index in [1.165, 1.54) is 6.42 Å². The number of aryl methyl sites for hydroxylation is 1. The van der Waals surface area contributed by atoms with Crippen molar-refractivity contribution >= 4 is 5.91 Å². The molecule has 1 aliphatic rings. The highest BCUT2D eigenvalue weighted by atomic mass is 16.5. The Kier molecular flexibility index (Phi) is 3.30. The van der Waals surface area contributed by atoms with Crippen molar-refractivity contribution in [1.29, 1.82) is 0 Å². The van der Waals surface area contributed by atoms with Gasteiger partial charge < -0.3 is 14.8 Å². The molecule has 6 heteroatoms. The van der Waals surface area contributed by atoms with E-state index >= 15 is 0 Å². The molecule has 2 aromatic heterocycles. The fraction of sp³-hybridized carbons (Fsp3) is 0.500. The summed E-state index contributed by atoms with van der Waals surface area (Å²) in [6, 6.07) is 1.53. The number of aromatic amines is 1. The van der Waals surface area contributed by atoms with Crippen LogP contribution < -0.4 is 5.32 Å². The largest absolute Gasteiger partial charge is 0.364 e. The zero-order chi connectivity index (χ0) is 14.1. The second kappa shape index (κ2) is 5.11. The maximum Gasteiger partial charge on any atom is 0.253 e. The van der Waals surface area contributed by atoms with Crippen LogP contribution in [0, 0.1) is 6.92 Å². The number of amides is 1. The van der Waals surface area contributed by atoms with Crippen molar-refractivity contribution in [1.82, 2.24) is 20.4 Å². The molecule has 2 N–H and O–H groups in total. The van der Waals surface area contributed by atoms with Gasteiger partial charge in [0.05, 0.1) is 5.56 Å². The Morgan fingerprint density at radius 3 is 2.95 bits per heavy atom. The first kappa shape index (κ1) is 12.9. The van der Waals surface area contributed by atoms with E-state index < -0.39 is 0 Å². The van der Waals surface area contributed by atoms with Gasteiger partial charge in [-0.2, -0.15) is 4.98 Å². The number of nitrogens with zero attached hydrogens (tertiary/aromatic N) is 2. The Balaban J connectivity index is 1.71. The summed E-state index contributed by atoms with van der Waals surface area (Å²) in [6.07, 6.45) is 5.37. The molecule has 1 aliphatic carbocycles. The van der Waals surface area contributed by atoms with Crippen LogP contribution in [0.4, 0.5) is 0 Å². The topological polar surface area (TPSA) is 83.8 Å². The zero-order valence-corrected chi connectivity index (χ0v) is 11.6. The lowest BCUT2D eigenvalue weighted by atomic mass is 9.81.